The molecule has 0 aromatic rings. The summed E-state index contributed by atoms with van der Waals surface area (Å²) in [7, 11) is 0. The van der Waals surface area contributed by atoms with Crippen LogP contribution in [-0.4, -0.2) is 37.1 Å². The molecule has 0 saturated carbocycles. The van der Waals surface area contributed by atoms with Crippen LogP contribution in [0.4, 0.5) is 0 Å². The normalized spacial score (nSPS) is 31.0. The lowest BCUT2D eigenvalue weighted by Crippen LogP contribution is -2.52. The molecule has 2 rings (SSSR count). The maximum Gasteiger partial charge on any atom is 0.0198 e. The van der Waals surface area contributed by atoms with E-state index in [4.69, 9.17) is 0 Å². The number of piperazine rings is 1. The number of hydrogen-bond donors (Lipinski definition) is 1. The summed E-state index contributed by atoms with van der Waals surface area (Å²) in [5, 5.41) is 3.66. The van der Waals surface area contributed by atoms with E-state index in [1.165, 1.54) is 51.9 Å². The van der Waals surface area contributed by atoms with Crippen molar-refractivity contribution in [3.63, 3.8) is 0 Å². The van der Waals surface area contributed by atoms with Gasteiger partial charge in [-0.3, -0.25) is 0 Å². The van der Waals surface area contributed by atoms with Crippen molar-refractivity contribution >= 4 is 0 Å². The Hall–Kier alpha value is -0.340. The van der Waals surface area contributed by atoms with Crippen LogP contribution in [0.15, 0.2) is 12.2 Å². The van der Waals surface area contributed by atoms with Gasteiger partial charge in [-0.15, -0.1) is 0 Å². The van der Waals surface area contributed by atoms with E-state index in [-0.39, 0.29) is 0 Å². The molecule has 1 saturated heterocycles. The molecular formula is C15H28N2. The smallest absolute Gasteiger partial charge is 0.0198 e. The molecule has 2 nitrogen and oxygen atoms in total. The zero-order chi connectivity index (χ0) is 12.1. The monoisotopic (exact) mass is 236 g/mol. The van der Waals surface area contributed by atoms with Crippen LogP contribution in [0.25, 0.3) is 0 Å². The first kappa shape index (κ1) is 13.1. The van der Waals surface area contributed by atoms with Gasteiger partial charge in [0.25, 0.3) is 0 Å². The Morgan fingerprint density at radius 1 is 1.35 bits per heavy atom. The van der Waals surface area contributed by atoms with E-state index in [0.29, 0.717) is 0 Å². The minimum Gasteiger partial charge on any atom is -0.311 e. The van der Waals surface area contributed by atoms with Gasteiger partial charge in [-0.2, -0.15) is 0 Å². The van der Waals surface area contributed by atoms with Gasteiger partial charge in [0.2, 0.25) is 0 Å². The summed E-state index contributed by atoms with van der Waals surface area (Å²) in [5.74, 6) is 1.72. The first-order valence-electron chi connectivity index (χ1n) is 7.34. The fourth-order valence-electron chi connectivity index (χ4n) is 3.17. The van der Waals surface area contributed by atoms with Crippen LogP contribution in [0.1, 0.15) is 39.5 Å². The molecule has 0 aromatic carbocycles. The Balaban J connectivity index is 1.74. The standard InChI is InChI=1S/C15H28N2/c1-13(2)10-15-12-17(9-8-16-15)11-14-6-4-3-5-7-14/h3-4,13-16H,5-12H2,1-2H3. The fourth-order valence-corrected chi connectivity index (χ4v) is 3.17. The van der Waals surface area contributed by atoms with E-state index < -0.39 is 0 Å². The summed E-state index contributed by atoms with van der Waals surface area (Å²) in [6, 6.07) is 0.725. The second kappa shape index (κ2) is 6.55. The van der Waals surface area contributed by atoms with E-state index in [1.54, 1.807) is 0 Å². The zero-order valence-corrected chi connectivity index (χ0v) is 11.5. The third-order valence-electron chi connectivity index (χ3n) is 3.99. The maximum atomic E-state index is 3.66. The molecule has 1 N–H and O–H groups in total. The molecule has 0 aromatic heterocycles. The number of nitrogens with zero attached hydrogens (tertiary/aromatic N) is 1. The average Bonchev–Trinajstić information content (AvgIpc) is 2.30. The molecular weight excluding hydrogens is 208 g/mol. The lowest BCUT2D eigenvalue weighted by Gasteiger charge is -2.36. The lowest BCUT2D eigenvalue weighted by atomic mass is 9.93. The highest BCUT2D eigenvalue weighted by atomic mass is 15.2. The molecule has 1 aliphatic carbocycles. The molecule has 0 radical (unpaired) electrons. The minimum atomic E-state index is 0.725. The Morgan fingerprint density at radius 3 is 2.94 bits per heavy atom. The maximum absolute atomic E-state index is 3.66. The van der Waals surface area contributed by atoms with Crippen molar-refractivity contribution in [1.29, 1.82) is 0 Å². The molecule has 17 heavy (non-hydrogen) atoms. The summed E-state index contributed by atoms with van der Waals surface area (Å²) in [5.41, 5.74) is 0. The third kappa shape index (κ3) is 4.44. The van der Waals surface area contributed by atoms with E-state index in [1.807, 2.05) is 0 Å². The van der Waals surface area contributed by atoms with Gasteiger partial charge in [-0.1, -0.05) is 26.0 Å². The summed E-state index contributed by atoms with van der Waals surface area (Å²) >= 11 is 0. The first-order chi connectivity index (χ1) is 8.24. The SMILES string of the molecule is CC(C)CC1CN(CC2CC=CCC2)CCN1. The predicted octanol–water partition coefficient (Wildman–Crippen LogP) is 2.66. The highest BCUT2D eigenvalue weighted by Gasteiger charge is 2.22. The fraction of sp³-hybridized carbons (Fsp3) is 0.867. The molecule has 2 heteroatoms. The second-order valence-electron chi connectivity index (χ2n) is 6.19. The summed E-state index contributed by atoms with van der Waals surface area (Å²) < 4.78 is 0. The van der Waals surface area contributed by atoms with Crippen molar-refractivity contribution in [3.05, 3.63) is 12.2 Å². The molecule has 2 unspecified atom stereocenters. The second-order valence-corrected chi connectivity index (χ2v) is 6.19. The molecule has 2 atom stereocenters. The molecule has 0 bridgehead atoms. The van der Waals surface area contributed by atoms with Crippen molar-refractivity contribution in [2.45, 2.75) is 45.6 Å². The van der Waals surface area contributed by atoms with Gasteiger partial charge in [0.05, 0.1) is 0 Å². The molecule has 2 aliphatic rings. The lowest BCUT2D eigenvalue weighted by molar-refractivity contribution is 0.159. The first-order valence-corrected chi connectivity index (χ1v) is 7.34. The quantitative estimate of drug-likeness (QED) is 0.755. The van der Waals surface area contributed by atoms with E-state index in [0.717, 1.165) is 17.9 Å². The van der Waals surface area contributed by atoms with Gasteiger partial charge in [0, 0.05) is 32.2 Å². The van der Waals surface area contributed by atoms with E-state index in [2.05, 4.69) is 36.2 Å². The Bertz CT molecular complexity index is 247. The van der Waals surface area contributed by atoms with Crippen LogP contribution < -0.4 is 5.32 Å². The van der Waals surface area contributed by atoms with Gasteiger partial charge >= 0.3 is 0 Å². The number of nitrogens with one attached hydrogen (secondary N) is 1. The largest absolute Gasteiger partial charge is 0.311 e. The summed E-state index contributed by atoms with van der Waals surface area (Å²) in [6.07, 6.45) is 10.0. The van der Waals surface area contributed by atoms with Crippen molar-refractivity contribution < 1.29 is 0 Å². The van der Waals surface area contributed by atoms with Crippen molar-refractivity contribution in [2.75, 3.05) is 26.2 Å². The predicted molar refractivity (Wildman–Crippen MR) is 74.2 cm³/mol. The topological polar surface area (TPSA) is 15.3 Å². The molecule has 0 amide bonds. The van der Waals surface area contributed by atoms with Crippen molar-refractivity contribution in [3.8, 4) is 0 Å². The van der Waals surface area contributed by atoms with Crippen LogP contribution in [0, 0.1) is 11.8 Å². The van der Waals surface area contributed by atoms with Crippen LogP contribution in [-0.2, 0) is 0 Å². The number of hydrogen-bond acceptors (Lipinski definition) is 2. The molecule has 0 spiro atoms. The van der Waals surface area contributed by atoms with Gasteiger partial charge in [0.1, 0.15) is 0 Å². The molecule has 1 heterocycles. The van der Waals surface area contributed by atoms with Crippen LogP contribution >= 0.6 is 0 Å². The zero-order valence-electron chi connectivity index (χ0n) is 11.5. The number of allylic oxidation sites excluding steroid dienone is 2. The molecule has 98 valence electrons. The van der Waals surface area contributed by atoms with Crippen molar-refractivity contribution in [2.24, 2.45) is 11.8 Å². The van der Waals surface area contributed by atoms with E-state index in [9.17, 15) is 0 Å². The van der Waals surface area contributed by atoms with Gasteiger partial charge in [0.15, 0.2) is 0 Å². The van der Waals surface area contributed by atoms with Crippen LogP contribution in [0.5, 0.6) is 0 Å². The highest BCUT2D eigenvalue weighted by Crippen LogP contribution is 2.20. The Labute approximate surface area is 106 Å². The average molecular weight is 236 g/mol. The van der Waals surface area contributed by atoms with Gasteiger partial charge in [-0.25, -0.2) is 0 Å². The van der Waals surface area contributed by atoms with Crippen molar-refractivity contribution in [1.82, 2.24) is 10.2 Å². The van der Waals surface area contributed by atoms with Crippen LogP contribution in [0.2, 0.25) is 0 Å². The molecule has 1 aliphatic heterocycles. The van der Waals surface area contributed by atoms with Gasteiger partial charge in [-0.05, 0) is 37.5 Å². The van der Waals surface area contributed by atoms with Crippen LogP contribution in [0.3, 0.4) is 0 Å². The Kier molecular flexibility index (Phi) is 5.05. The summed E-state index contributed by atoms with van der Waals surface area (Å²) in [4.78, 5) is 2.69. The third-order valence-corrected chi connectivity index (χ3v) is 3.99. The summed E-state index contributed by atoms with van der Waals surface area (Å²) in [6.45, 7) is 9.66. The van der Waals surface area contributed by atoms with E-state index >= 15 is 0 Å². The molecule has 1 fully saturated rings. The highest BCUT2D eigenvalue weighted by molar-refractivity contribution is 4.91. The van der Waals surface area contributed by atoms with Gasteiger partial charge < -0.3 is 10.2 Å². The number of rotatable bonds is 4. The Morgan fingerprint density at radius 2 is 2.24 bits per heavy atom. The minimum absolute atomic E-state index is 0.725.